The van der Waals surface area contributed by atoms with Crippen molar-refractivity contribution < 1.29 is 28.9 Å². The fourth-order valence-corrected chi connectivity index (χ4v) is 4.65. The van der Waals surface area contributed by atoms with E-state index >= 15 is 0 Å². The molecule has 2 aliphatic carbocycles. The number of nitrogens with zero attached hydrogens (tertiary/aromatic N) is 1. The lowest BCUT2D eigenvalue weighted by atomic mass is 9.84. The molecular weight excluding hydrogens is 398 g/mol. The van der Waals surface area contributed by atoms with Crippen molar-refractivity contribution in [3.05, 3.63) is 60.2 Å². The van der Waals surface area contributed by atoms with Gasteiger partial charge in [-0.15, -0.1) is 0 Å². The molecule has 1 saturated carbocycles. The molecule has 0 saturated heterocycles. The number of carbonyl (C=O) groups is 2. The maximum Gasteiger partial charge on any atom is 0.326 e. The minimum absolute atomic E-state index is 0.145. The second kappa shape index (κ2) is 9.90. The van der Waals surface area contributed by atoms with Crippen LogP contribution in [0.4, 0.5) is 0 Å². The van der Waals surface area contributed by atoms with Gasteiger partial charge in [-0.1, -0.05) is 50.3 Å². The maximum atomic E-state index is 12.7. The third-order valence-electron chi connectivity index (χ3n) is 6.27. The monoisotopic (exact) mass is 427 g/mol. The quantitative estimate of drug-likeness (QED) is 0.626. The smallest absolute Gasteiger partial charge is 0.326 e. The molecule has 4 rings (SSSR count). The number of carboxylic acid groups (broad SMARTS) is 1. The second-order valence-corrected chi connectivity index (χ2v) is 8.42. The minimum Gasteiger partial charge on any atom is -0.480 e. The van der Waals surface area contributed by atoms with Gasteiger partial charge in [-0.2, -0.15) is 0 Å². The van der Waals surface area contributed by atoms with Gasteiger partial charge in [0.2, 0.25) is 0 Å². The van der Waals surface area contributed by atoms with Crippen molar-refractivity contribution >= 4 is 11.9 Å². The van der Waals surface area contributed by atoms with E-state index in [1.807, 2.05) is 12.2 Å². The molecule has 2 heterocycles. The Balaban J connectivity index is 1.46. The predicted octanol–water partition coefficient (Wildman–Crippen LogP) is 4.16. The van der Waals surface area contributed by atoms with Crippen LogP contribution in [-0.4, -0.2) is 40.6 Å². The van der Waals surface area contributed by atoms with Crippen LogP contribution in [0.3, 0.4) is 0 Å². The maximum absolute atomic E-state index is 12.7. The normalized spacial score (nSPS) is 23.3. The van der Waals surface area contributed by atoms with Crippen LogP contribution in [0.5, 0.6) is 0 Å². The highest BCUT2D eigenvalue weighted by molar-refractivity contribution is 5.94. The van der Waals surface area contributed by atoms with Gasteiger partial charge in [-0.3, -0.25) is 4.79 Å². The van der Waals surface area contributed by atoms with E-state index in [0.717, 1.165) is 44.1 Å². The average Bonchev–Trinajstić information content (AvgIpc) is 3.17. The number of carboxylic acids is 1. The molecule has 7 heteroatoms. The van der Waals surface area contributed by atoms with E-state index in [4.69, 9.17) is 14.2 Å². The number of aliphatic carboxylic acids is 1. The molecule has 166 valence electrons. The van der Waals surface area contributed by atoms with E-state index in [-0.39, 0.29) is 12.5 Å². The summed E-state index contributed by atoms with van der Waals surface area (Å²) in [7, 11) is 0. The third-order valence-corrected chi connectivity index (χ3v) is 6.27. The number of allylic oxidation sites excluding steroid dienone is 3. The molecule has 0 aromatic carbocycles. The van der Waals surface area contributed by atoms with Crippen molar-refractivity contribution in [3.8, 4) is 0 Å². The van der Waals surface area contributed by atoms with Crippen LogP contribution in [0.25, 0.3) is 0 Å². The lowest BCUT2D eigenvalue weighted by Gasteiger charge is -2.30. The van der Waals surface area contributed by atoms with Crippen molar-refractivity contribution in [1.82, 2.24) is 4.90 Å². The topological polar surface area (TPSA) is 85.3 Å². The molecule has 31 heavy (non-hydrogen) atoms. The Kier molecular flexibility index (Phi) is 6.79. The second-order valence-electron chi connectivity index (χ2n) is 8.42. The Morgan fingerprint density at radius 3 is 2.77 bits per heavy atom. The van der Waals surface area contributed by atoms with Gasteiger partial charge in [-0.25, -0.2) is 4.79 Å². The summed E-state index contributed by atoms with van der Waals surface area (Å²) in [5.74, 6) is 0.0165. The molecule has 2 aliphatic heterocycles. The van der Waals surface area contributed by atoms with Crippen molar-refractivity contribution in [1.29, 1.82) is 0 Å². The van der Waals surface area contributed by atoms with Gasteiger partial charge in [0.25, 0.3) is 5.91 Å². The lowest BCUT2D eigenvalue weighted by molar-refractivity contribution is -0.148. The van der Waals surface area contributed by atoms with Gasteiger partial charge in [0.05, 0.1) is 6.54 Å². The summed E-state index contributed by atoms with van der Waals surface area (Å²) in [6.45, 7) is 0.145. The van der Waals surface area contributed by atoms with Gasteiger partial charge in [0.1, 0.15) is 30.6 Å². The Labute approximate surface area is 182 Å². The van der Waals surface area contributed by atoms with Crippen molar-refractivity contribution in [3.63, 3.8) is 0 Å². The molecule has 4 aliphatic rings. The fraction of sp³-hybridized carbons (Fsp3) is 0.500. The molecule has 0 aromatic heterocycles. The standard InChI is InChI=1S/C24H29NO6/c26-22-14-19(15-25(22)20(24(27)28)13-17-7-3-1-4-8-17)31-23(18-9-5-2-6-10-18)21-16-29-11-12-30-21/h2,5,9,11-12,14,16-17,20,23H,1,3-4,6-8,10,13,15H2,(H,27,28)/t20-,23?/m0/s1. The summed E-state index contributed by atoms with van der Waals surface area (Å²) in [4.78, 5) is 26.1. The van der Waals surface area contributed by atoms with Gasteiger partial charge in [0, 0.05) is 6.08 Å². The molecular formula is C24H29NO6. The molecule has 1 unspecified atom stereocenters. The highest BCUT2D eigenvalue weighted by atomic mass is 16.6. The first-order valence-electron chi connectivity index (χ1n) is 11.1. The van der Waals surface area contributed by atoms with Crippen molar-refractivity contribution in [2.24, 2.45) is 5.92 Å². The van der Waals surface area contributed by atoms with Gasteiger partial charge in [0.15, 0.2) is 11.9 Å². The summed E-state index contributed by atoms with van der Waals surface area (Å²) in [6, 6.07) is -0.834. The summed E-state index contributed by atoms with van der Waals surface area (Å²) in [5.41, 5.74) is 1.01. The van der Waals surface area contributed by atoms with Crippen LogP contribution in [-0.2, 0) is 23.8 Å². The number of ether oxygens (including phenoxy) is 3. The van der Waals surface area contributed by atoms with Crippen LogP contribution < -0.4 is 0 Å². The number of hydrogen-bond donors (Lipinski definition) is 1. The first kappa shape index (κ1) is 21.3. The molecule has 0 radical (unpaired) electrons. The largest absolute Gasteiger partial charge is 0.480 e. The molecule has 7 nitrogen and oxygen atoms in total. The molecule has 2 atom stereocenters. The van der Waals surface area contributed by atoms with Gasteiger partial charge < -0.3 is 24.2 Å². The molecule has 0 aromatic rings. The minimum atomic E-state index is -0.956. The van der Waals surface area contributed by atoms with E-state index in [0.29, 0.717) is 23.9 Å². The summed E-state index contributed by atoms with van der Waals surface area (Å²) in [6.07, 6.45) is 19.0. The first-order valence-corrected chi connectivity index (χ1v) is 11.1. The summed E-state index contributed by atoms with van der Waals surface area (Å²) < 4.78 is 17.0. The number of rotatable bonds is 8. The first-order chi connectivity index (χ1) is 15.1. The Morgan fingerprint density at radius 2 is 2.10 bits per heavy atom. The third kappa shape index (κ3) is 5.21. The zero-order valence-corrected chi connectivity index (χ0v) is 17.6. The zero-order chi connectivity index (χ0) is 21.6. The zero-order valence-electron chi connectivity index (χ0n) is 17.6. The van der Waals surface area contributed by atoms with Crippen LogP contribution >= 0.6 is 0 Å². The molecule has 0 bridgehead atoms. The van der Waals surface area contributed by atoms with Gasteiger partial charge >= 0.3 is 5.97 Å². The van der Waals surface area contributed by atoms with E-state index in [1.54, 1.807) is 0 Å². The van der Waals surface area contributed by atoms with Gasteiger partial charge in [-0.05, 0) is 30.8 Å². The number of amides is 1. The SMILES string of the molecule is O=C(O)[C@H](CC1CCCCC1)N1CC(OC(C2=CC=CCC2)C2=COC=CO2)=CC1=O. The van der Waals surface area contributed by atoms with E-state index in [1.165, 1.54) is 36.2 Å². The Hall–Kier alpha value is -2.96. The summed E-state index contributed by atoms with van der Waals surface area (Å²) >= 11 is 0. The lowest BCUT2D eigenvalue weighted by Crippen LogP contribution is -2.44. The molecule has 1 amide bonds. The molecule has 0 spiro atoms. The van der Waals surface area contributed by atoms with E-state index in [2.05, 4.69) is 6.08 Å². The van der Waals surface area contributed by atoms with Crippen LogP contribution in [0, 0.1) is 5.92 Å². The average molecular weight is 427 g/mol. The fourth-order valence-electron chi connectivity index (χ4n) is 4.65. The number of hydrogen-bond acceptors (Lipinski definition) is 5. The number of carbonyl (C=O) groups excluding carboxylic acids is 1. The van der Waals surface area contributed by atoms with E-state index in [9.17, 15) is 14.7 Å². The highest BCUT2D eigenvalue weighted by Gasteiger charge is 2.37. The highest BCUT2D eigenvalue weighted by Crippen LogP contribution is 2.32. The van der Waals surface area contributed by atoms with Crippen LogP contribution in [0.15, 0.2) is 60.2 Å². The predicted molar refractivity (Wildman–Crippen MR) is 113 cm³/mol. The Bertz CT molecular complexity index is 846. The van der Waals surface area contributed by atoms with Crippen molar-refractivity contribution in [2.45, 2.75) is 63.5 Å². The molecule has 1 fully saturated rings. The van der Waals surface area contributed by atoms with Crippen molar-refractivity contribution in [2.75, 3.05) is 6.54 Å². The Morgan fingerprint density at radius 1 is 1.26 bits per heavy atom. The molecule has 1 N–H and O–H groups in total. The summed E-state index contributed by atoms with van der Waals surface area (Å²) in [5, 5.41) is 9.83. The van der Waals surface area contributed by atoms with Crippen LogP contribution in [0.2, 0.25) is 0 Å². The van der Waals surface area contributed by atoms with Crippen LogP contribution in [0.1, 0.15) is 51.4 Å². The van der Waals surface area contributed by atoms with E-state index < -0.39 is 18.1 Å².